The third-order valence-electron chi connectivity index (χ3n) is 6.52. The molecule has 0 atom stereocenters. The minimum atomic E-state index is -0.363. The van der Waals surface area contributed by atoms with Gasteiger partial charge in [0.1, 0.15) is 5.75 Å². The summed E-state index contributed by atoms with van der Waals surface area (Å²) >= 11 is 0. The Morgan fingerprint density at radius 3 is 2.57 bits per heavy atom. The number of anilines is 1. The number of amides is 1. The Hall–Kier alpha value is -4.07. The standard InChI is InChI=1S/C27H28N4O4/c1-4-35-26(33)21-17-24(19-9-11-20(34-3)12-10-19)29(18(21)2)14-13-25(32)31-16-15-30-23-8-6-5-7-22(23)28-27(30)31/h5-12,17H,4,13-16H2,1-3H3. The first-order chi connectivity index (χ1) is 17.0. The van der Waals surface area contributed by atoms with Gasteiger partial charge in [-0.15, -0.1) is 0 Å². The van der Waals surface area contributed by atoms with Crippen LogP contribution >= 0.6 is 0 Å². The van der Waals surface area contributed by atoms with E-state index in [1.54, 1.807) is 18.9 Å². The predicted octanol–water partition coefficient (Wildman–Crippen LogP) is 4.44. The number of imidazole rings is 1. The quantitative estimate of drug-likeness (QED) is 0.372. The van der Waals surface area contributed by atoms with Crippen molar-refractivity contribution in [2.75, 3.05) is 25.2 Å². The second-order valence-electron chi connectivity index (χ2n) is 8.48. The molecule has 3 heterocycles. The van der Waals surface area contributed by atoms with Crippen molar-refractivity contribution in [1.82, 2.24) is 14.1 Å². The molecule has 0 N–H and O–H groups in total. The molecule has 1 aliphatic rings. The highest BCUT2D eigenvalue weighted by Gasteiger charge is 2.28. The first-order valence-electron chi connectivity index (χ1n) is 11.8. The van der Waals surface area contributed by atoms with E-state index in [-0.39, 0.29) is 18.3 Å². The zero-order chi connectivity index (χ0) is 24.5. The SMILES string of the molecule is CCOC(=O)c1cc(-c2ccc(OC)cc2)n(CCC(=O)N2CCn3c2nc2ccccc23)c1C. The van der Waals surface area contributed by atoms with E-state index < -0.39 is 0 Å². The first-order valence-corrected chi connectivity index (χ1v) is 11.8. The molecule has 5 rings (SSSR count). The number of nitrogens with zero attached hydrogens (tertiary/aromatic N) is 4. The highest BCUT2D eigenvalue weighted by atomic mass is 16.5. The number of hydrogen-bond acceptors (Lipinski definition) is 5. The van der Waals surface area contributed by atoms with Gasteiger partial charge in [0.05, 0.1) is 30.3 Å². The fourth-order valence-corrected chi connectivity index (χ4v) is 4.72. The van der Waals surface area contributed by atoms with Crippen molar-refractivity contribution in [2.24, 2.45) is 0 Å². The molecule has 2 aromatic heterocycles. The molecular weight excluding hydrogens is 444 g/mol. The number of aromatic nitrogens is 3. The van der Waals surface area contributed by atoms with Gasteiger partial charge in [-0.3, -0.25) is 9.69 Å². The molecule has 0 bridgehead atoms. The maximum absolute atomic E-state index is 13.3. The van der Waals surface area contributed by atoms with Crippen LogP contribution in [0, 0.1) is 6.92 Å². The molecule has 4 aromatic rings. The Kier molecular flexibility index (Phi) is 6.03. The van der Waals surface area contributed by atoms with Crippen LogP contribution in [0.2, 0.25) is 0 Å². The van der Waals surface area contributed by atoms with Gasteiger partial charge in [0, 0.05) is 37.4 Å². The number of fused-ring (bicyclic) bond motifs is 3. The van der Waals surface area contributed by atoms with Gasteiger partial charge in [-0.2, -0.15) is 0 Å². The lowest BCUT2D eigenvalue weighted by Crippen LogP contribution is -2.30. The molecule has 2 aromatic carbocycles. The fourth-order valence-electron chi connectivity index (χ4n) is 4.72. The maximum Gasteiger partial charge on any atom is 0.339 e. The van der Waals surface area contributed by atoms with E-state index >= 15 is 0 Å². The zero-order valence-corrected chi connectivity index (χ0v) is 20.2. The Labute approximate surface area is 203 Å². The summed E-state index contributed by atoms with van der Waals surface area (Å²) in [6.07, 6.45) is 0.282. The molecule has 35 heavy (non-hydrogen) atoms. The summed E-state index contributed by atoms with van der Waals surface area (Å²) in [4.78, 5) is 32.3. The van der Waals surface area contributed by atoms with E-state index in [1.165, 1.54) is 0 Å². The molecular formula is C27H28N4O4. The molecule has 8 nitrogen and oxygen atoms in total. The van der Waals surface area contributed by atoms with E-state index in [0.29, 0.717) is 31.2 Å². The second kappa shape index (κ2) is 9.29. The second-order valence-corrected chi connectivity index (χ2v) is 8.48. The van der Waals surface area contributed by atoms with Gasteiger partial charge in [0.15, 0.2) is 0 Å². The van der Waals surface area contributed by atoms with Gasteiger partial charge in [-0.25, -0.2) is 9.78 Å². The third kappa shape index (κ3) is 4.05. The molecule has 0 saturated heterocycles. The normalized spacial score (nSPS) is 12.7. The lowest BCUT2D eigenvalue weighted by atomic mass is 10.1. The highest BCUT2D eigenvalue weighted by Crippen LogP contribution is 2.30. The van der Waals surface area contributed by atoms with Gasteiger partial charge < -0.3 is 18.6 Å². The molecule has 180 valence electrons. The van der Waals surface area contributed by atoms with E-state index in [4.69, 9.17) is 9.47 Å². The lowest BCUT2D eigenvalue weighted by Gasteiger charge is -2.16. The molecule has 0 aliphatic carbocycles. The van der Waals surface area contributed by atoms with E-state index in [2.05, 4.69) is 9.55 Å². The Morgan fingerprint density at radius 1 is 1.06 bits per heavy atom. The number of ether oxygens (including phenoxy) is 2. The zero-order valence-electron chi connectivity index (χ0n) is 20.2. The summed E-state index contributed by atoms with van der Waals surface area (Å²) in [5.74, 6) is 1.09. The number of methoxy groups -OCH3 is 1. The average molecular weight is 473 g/mol. The van der Waals surface area contributed by atoms with Gasteiger partial charge in [-0.05, 0) is 61.9 Å². The van der Waals surface area contributed by atoms with Crippen LogP contribution in [0.15, 0.2) is 54.6 Å². The Morgan fingerprint density at radius 2 is 1.83 bits per heavy atom. The van der Waals surface area contributed by atoms with Crippen molar-refractivity contribution in [1.29, 1.82) is 0 Å². The van der Waals surface area contributed by atoms with E-state index in [9.17, 15) is 9.59 Å². The van der Waals surface area contributed by atoms with Crippen molar-refractivity contribution in [3.8, 4) is 17.0 Å². The number of para-hydroxylation sites is 2. The summed E-state index contributed by atoms with van der Waals surface area (Å²) in [5, 5.41) is 0. The Balaban J connectivity index is 1.42. The van der Waals surface area contributed by atoms with Crippen molar-refractivity contribution in [2.45, 2.75) is 33.4 Å². The molecule has 0 unspecified atom stereocenters. The van der Waals surface area contributed by atoms with Crippen LogP contribution in [0.25, 0.3) is 22.3 Å². The predicted molar refractivity (Wildman–Crippen MR) is 134 cm³/mol. The van der Waals surface area contributed by atoms with Crippen molar-refractivity contribution < 1.29 is 19.1 Å². The summed E-state index contributed by atoms with van der Waals surface area (Å²) in [6, 6.07) is 17.4. The number of carbonyl (C=O) groups excluding carboxylic acids is 2. The molecule has 1 amide bonds. The van der Waals surface area contributed by atoms with E-state index in [0.717, 1.165) is 40.3 Å². The summed E-state index contributed by atoms with van der Waals surface area (Å²) < 4.78 is 14.7. The molecule has 0 saturated carbocycles. The van der Waals surface area contributed by atoms with Crippen molar-refractivity contribution in [3.05, 3.63) is 65.9 Å². The minimum Gasteiger partial charge on any atom is -0.497 e. The number of carbonyl (C=O) groups is 2. The van der Waals surface area contributed by atoms with E-state index in [1.807, 2.05) is 66.1 Å². The fraction of sp³-hybridized carbons (Fsp3) is 0.296. The van der Waals surface area contributed by atoms with Crippen LogP contribution in [0.1, 0.15) is 29.4 Å². The van der Waals surface area contributed by atoms with Gasteiger partial charge in [-0.1, -0.05) is 12.1 Å². The number of esters is 1. The third-order valence-corrected chi connectivity index (χ3v) is 6.52. The van der Waals surface area contributed by atoms with Crippen LogP contribution in [0.5, 0.6) is 5.75 Å². The van der Waals surface area contributed by atoms with Gasteiger partial charge in [0.2, 0.25) is 11.9 Å². The average Bonchev–Trinajstić information content (AvgIpc) is 3.54. The van der Waals surface area contributed by atoms with Gasteiger partial charge in [0.25, 0.3) is 0 Å². The topological polar surface area (TPSA) is 78.6 Å². The smallest absolute Gasteiger partial charge is 0.339 e. The minimum absolute atomic E-state index is 0.00511. The van der Waals surface area contributed by atoms with Crippen LogP contribution in [0.3, 0.4) is 0 Å². The molecule has 8 heteroatoms. The largest absolute Gasteiger partial charge is 0.497 e. The summed E-state index contributed by atoms with van der Waals surface area (Å²) in [5.41, 5.74) is 5.00. The van der Waals surface area contributed by atoms with Crippen LogP contribution < -0.4 is 9.64 Å². The maximum atomic E-state index is 13.3. The monoisotopic (exact) mass is 472 g/mol. The van der Waals surface area contributed by atoms with Crippen LogP contribution in [0.4, 0.5) is 5.95 Å². The molecule has 0 radical (unpaired) electrons. The summed E-state index contributed by atoms with van der Waals surface area (Å²) in [6.45, 7) is 5.75. The Bertz CT molecular complexity index is 1400. The molecule has 0 spiro atoms. The van der Waals surface area contributed by atoms with Crippen molar-refractivity contribution >= 4 is 28.9 Å². The molecule has 1 aliphatic heterocycles. The summed E-state index contributed by atoms with van der Waals surface area (Å²) in [7, 11) is 1.62. The van der Waals surface area contributed by atoms with Gasteiger partial charge >= 0.3 is 5.97 Å². The van der Waals surface area contributed by atoms with Crippen LogP contribution in [-0.4, -0.2) is 46.3 Å². The van der Waals surface area contributed by atoms with Crippen LogP contribution in [-0.2, 0) is 22.6 Å². The van der Waals surface area contributed by atoms with Crippen molar-refractivity contribution in [3.63, 3.8) is 0 Å². The lowest BCUT2D eigenvalue weighted by molar-refractivity contribution is -0.118. The first kappa shape index (κ1) is 22.7. The molecule has 0 fully saturated rings. The number of benzene rings is 2. The highest BCUT2D eigenvalue weighted by molar-refractivity contribution is 5.95. The number of rotatable bonds is 7. The number of hydrogen-bond donors (Lipinski definition) is 0.